The summed E-state index contributed by atoms with van der Waals surface area (Å²) < 4.78 is 0. The summed E-state index contributed by atoms with van der Waals surface area (Å²) in [6.07, 6.45) is 5.36. The van der Waals surface area contributed by atoms with Gasteiger partial charge in [0.25, 0.3) is 0 Å². The highest BCUT2D eigenvalue weighted by Crippen LogP contribution is 2.36. The molecule has 0 spiro atoms. The summed E-state index contributed by atoms with van der Waals surface area (Å²) in [7, 11) is 0. The molecule has 1 heterocycles. The monoisotopic (exact) mass is 553 g/mol. The van der Waals surface area contributed by atoms with Crippen LogP contribution in [0.1, 0.15) is 37.2 Å². The largest absolute Gasteiger partial charge is 0.208 e. The number of fused-ring (bicyclic) bond motifs is 3. The van der Waals surface area contributed by atoms with Crippen molar-refractivity contribution >= 4 is 21.5 Å². The van der Waals surface area contributed by atoms with E-state index in [1.54, 1.807) is 0 Å². The van der Waals surface area contributed by atoms with Crippen LogP contribution in [0.5, 0.6) is 0 Å². The lowest BCUT2D eigenvalue weighted by Gasteiger charge is -2.13. The molecule has 206 valence electrons. The predicted molar refractivity (Wildman–Crippen MR) is 178 cm³/mol. The lowest BCUT2D eigenvalue weighted by atomic mass is 9.95. The summed E-state index contributed by atoms with van der Waals surface area (Å²) in [4.78, 5) is 15.1. The predicted octanol–water partition coefficient (Wildman–Crippen LogP) is 10.5. The first kappa shape index (κ1) is 25.6. The quantitative estimate of drug-likeness (QED) is 0.199. The topological polar surface area (TPSA) is 38.7 Å². The highest BCUT2D eigenvalue weighted by Gasteiger charge is 2.18. The van der Waals surface area contributed by atoms with Crippen LogP contribution in [0.2, 0.25) is 0 Å². The van der Waals surface area contributed by atoms with Gasteiger partial charge in [-0.05, 0) is 63.1 Å². The molecule has 0 atom stereocenters. The van der Waals surface area contributed by atoms with Crippen molar-refractivity contribution < 1.29 is 0 Å². The van der Waals surface area contributed by atoms with Crippen LogP contribution in [0.4, 0.5) is 0 Å². The number of rotatable bonds is 5. The van der Waals surface area contributed by atoms with Crippen molar-refractivity contribution in [2.75, 3.05) is 0 Å². The molecular weight excluding hydrogens is 522 g/mol. The van der Waals surface area contributed by atoms with Crippen molar-refractivity contribution in [1.29, 1.82) is 0 Å². The molecule has 1 fully saturated rings. The summed E-state index contributed by atoms with van der Waals surface area (Å²) in [6, 6.07) is 47.2. The highest BCUT2D eigenvalue weighted by molar-refractivity contribution is 6.13. The molecule has 1 aliphatic carbocycles. The van der Waals surface area contributed by atoms with Crippen LogP contribution >= 0.6 is 0 Å². The molecule has 0 saturated heterocycles. The Hall–Kier alpha value is -5.15. The molecule has 1 aliphatic rings. The fraction of sp³-hybridized carbons (Fsp3) is 0.125. The van der Waals surface area contributed by atoms with Gasteiger partial charge in [0.15, 0.2) is 17.5 Å². The number of hydrogen-bond donors (Lipinski definition) is 0. The van der Waals surface area contributed by atoms with Gasteiger partial charge < -0.3 is 0 Å². The summed E-state index contributed by atoms with van der Waals surface area (Å²) in [5.74, 6) is 2.75. The zero-order chi connectivity index (χ0) is 28.6. The fourth-order valence-electron chi connectivity index (χ4n) is 6.60. The smallest absolute Gasteiger partial charge is 0.164 e. The normalized spacial score (nSPS) is 13.6. The molecule has 8 rings (SSSR count). The zero-order valence-corrected chi connectivity index (χ0v) is 23.9. The van der Waals surface area contributed by atoms with Crippen LogP contribution in [-0.2, 0) is 0 Å². The van der Waals surface area contributed by atoms with Crippen molar-refractivity contribution in [3.8, 4) is 45.3 Å². The molecule has 0 bridgehead atoms. The average Bonchev–Trinajstić information content (AvgIpc) is 3.64. The van der Waals surface area contributed by atoms with E-state index >= 15 is 0 Å². The van der Waals surface area contributed by atoms with Crippen molar-refractivity contribution in [3.63, 3.8) is 0 Å². The first-order valence-corrected chi connectivity index (χ1v) is 15.2. The van der Waals surface area contributed by atoms with Gasteiger partial charge in [-0.3, -0.25) is 0 Å². The Bertz CT molecular complexity index is 2060. The van der Waals surface area contributed by atoms with Crippen molar-refractivity contribution in [1.82, 2.24) is 15.0 Å². The summed E-state index contributed by atoms with van der Waals surface area (Å²) in [6.45, 7) is 0. The summed E-state index contributed by atoms with van der Waals surface area (Å²) in [5, 5.41) is 4.73. The molecule has 3 nitrogen and oxygen atoms in total. The van der Waals surface area contributed by atoms with E-state index in [9.17, 15) is 0 Å². The molecular formula is C40H31N3. The van der Waals surface area contributed by atoms with Gasteiger partial charge in [-0.2, -0.15) is 0 Å². The molecule has 0 N–H and O–H groups in total. The SMILES string of the molecule is c1ccc(-c2nc(-c3ccc(-c4ccc(C5CCCC5)cc4)cc3)nc(-c3cc4ccccc4c4ccccc34)n2)cc1. The first-order chi connectivity index (χ1) is 21.3. The summed E-state index contributed by atoms with van der Waals surface area (Å²) >= 11 is 0. The molecule has 43 heavy (non-hydrogen) atoms. The standard InChI is InChI=1S/C40H31N3/c1-2-12-31(13-3-1)38-41-39(32-24-22-30(23-25-32)29-20-18-28(19-21-29)27-10-4-5-11-27)43-40(42-38)37-26-33-14-6-7-15-34(33)35-16-8-9-17-36(35)37/h1-3,6-9,12-27H,4-5,10-11H2. The maximum atomic E-state index is 5.09. The van der Waals surface area contributed by atoms with Gasteiger partial charge in [0, 0.05) is 16.7 Å². The van der Waals surface area contributed by atoms with Crippen LogP contribution in [0.15, 0.2) is 133 Å². The third-order valence-electron chi connectivity index (χ3n) is 8.89. The van der Waals surface area contributed by atoms with Gasteiger partial charge in [-0.15, -0.1) is 0 Å². The maximum absolute atomic E-state index is 5.09. The number of benzene rings is 6. The Kier molecular flexibility index (Phi) is 6.49. The van der Waals surface area contributed by atoms with E-state index < -0.39 is 0 Å². The van der Waals surface area contributed by atoms with Gasteiger partial charge in [0.2, 0.25) is 0 Å². The van der Waals surface area contributed by atoms with Gasteiger partial charge in [-0.25, -0.2) is 15.0 Å². The van der Waals surface area contributed by atoms with E-state index in [4.69, 9.17) is 15.0 Å². The Morgan fingerprint density at radius 1 is 0.419 bits per heavy atom. The Labute approximate surface area is 252 Å². The van der Waals surface area contributed by atoms with Crippen molar-refractivity contribution in [2.45, 2.75) is 31.6 Å². The zero-order valence-electron chi connectivity index (χ0n) is 23.9. The van der Waals surface area contributed by atoms with Gasteiger partial charge in [-0.1, -0.05) is 140 Å². The minimum absolute atomic E-state index is 0.671. The van der Waals surface area contributed by atoms with E-state index in [0.717, 1.165) is 28.0 Å². The fourth-order valence-corrected chi connectivity index (χ4v) is 6.60. The number of nitrogens with zero attached hydrogens (tertiary/aromatic N) is 3. The Balaban J connectivity index is 1.23. The van der Waals surface area contributed by atoms with E-state index in [1.807, 2.05) is 18.2 Å². The van der Waals surface area contributed by atoms with E-state index in [-0.39, 0.29) is 0 Å². The minimum Gasteiger partial charge on any atom is -0.208 e. The van der Waals surface area contributed by atoms with Crippen LogP contribution in [0.3, 0.4) is 0 Å². The van der Waals surface area contributed by atoms with Crippen molar-refractivity contribution in [3.05, 3.63) is 139 Å². The van der Waals surface area contributed by atoms with Crippen LogP contribution in [-0.4, -0.2) is 15.0 Å². The average molecular weight is 554 g/mol. The van der Waals surface area contributed by atoms with Gasteiger partial charge in [0.05, 0.1) is 0 Å². The molecule has 1 saturated carbocycles. The molecule has 0 aliphatic heterocycles. The third kappa shape index (κ3) is 4.87. The highest BCUT2D eigenvalue weighted by atomic mass is 15.0. The second-order valence-electron chi connectivity index (χ2n) is 11.5. The van der Waals surface area contributed by atoms with Crippen LogP contribution in [0.25, 0.3) is 66.8 Å². The van der Waals surface area contributed by atoms with Crippen LogP contribution < -0.4 is 0 Å². The second-order valence-corrected chi connectivity index (χ2v) is 11.5. The number of aromatic nitrogens is 3. The van der Waals surface area contributed by atoms with Gasteiger partial charge in [0.1, 0.15) is 0 Å². The van der Waals surface area contributed by atoms with E-state index in [0.29, 0.717) is 17.5 Å². The molecule has 0 unspecified atom stereocenters. The third-order valence-corrected chi connectivity index (χ3v) is 8.89. The van der Waals surface area contributed by atoms with Gasteiger partial charge >= 0.3 is 0 Å². The molecule has 0 amide bonds. The Morgan fingerprint density at radius 3 is 1.63 bits per heavy atom. The summed E-state index contributed by atoms with van der Waals surface area (Å²) in [5.41, 5.74) is 6.85. The molecule has 0 radical (unpaired) electrons. The Morgan fingerprint density at radius 2 is 0.930 bits per heavy atom. The molecule has 6 aromatic carbocycles. The lowest BCUT2D eigenvalue weighted by molar-refractivity contribution is 0.723. The van der Waals surface area contributed by atoms with Crippen LogP contribution in [0, 0.1) is 0 Å². The lowest BCUT2D eigenvalue weighted by Crippen LogP contribution is -2.00. The number of hydrogen-bond acceptors (Lipinski definition) is 3. The second kappa shape index (κ2) is 10.9. The molecule has 7 aromatic rings. The van der Waals surface area contributed by atoms with Crippen molar-refractivity contribution in [2.24, 2.45) is 0 Å². The van der Waals surface area contributed by atoms with E-state index in [2.05, 4.69) is 115 Å². The molecule has 3 heteroatoms. The van der Waals surface area contributed by atoms with E-state index in [1.165, 1.54) is 58.5 Å². The minimum atomic E-state index is 0.671. The maximum Gasteiger partial charge on any atom is 0.164 e. The molecule has 1 aromatic heterocycles. The first-order valence-electron chi connectivity index (χ1n) is 15.2.